The van der Waals surface area contributed by atoms with Crippen LogP contribution >= 0.6 is 11.3 Å². The zero-order valence-electron chi connectivity index (χ0n) is 11.5. The minimum Gasteiger partial charge on any atom is -0.488 e. The van der Waals surface area contributed by atoms with Crippen molar-refractivity contribution in [2.24, 2.45) is 0 Å². The van der Waals surface area contributed by atoms with Gasteiger partial charge in [0.05, 0.1) is 0 Å². The van der Waals surface area contributed by atoms with Gasteiger partial charge >= 0.3 is 5.97 Å². The Morgan fingerprint density at radius 3 is 2.71 bits per heavy atom. The van der Waals surface area contributed by atoms with Crippen LogP contribution in [-0.2, 0) is 6.61 Å². The molecule has 3 aromatic rings. The standard InChI is InChI=1S/C17H14O3S/c1-11-13(9-16(21-11)17(18)19)10-20-15-8-4-6-12-5-2-3-7-14(12)15/h2-9H,10H2,1H3,(H,18,19). The number of thiophene rings is 1. The highest BCUT2D eigenvalue weighted by Gasteiger charge is 2.11. The number of carboxylic acid groups (broad SMARTS) is 1. The summed E-state index contributed by atoms with van der Waals surface area (Å²) in [5, 5.41) is 11.2. The molecule has 1 aromatic heterocycles. The van der Waals surface area contributed by atoms with Crippen molar-refractivity contribution in [1.82, 2.24) is 0 Å². The molecule has 0 aliphatic carbocycles. The van der Waals surface area contributed by atoms with Crippen molar-refractivity contribution in [3.05, 3.63) is 63.8 Å². The van der Waals surface area contributed by atoms with Crippen LogP contribution in [0.5, 0.6) is 5.75 Å². The molecule has 0 atom stereocenters. The van der Waals surface area contributed by atoms with Gasteiger partial charge in [0.2, 0.25) is 0 Å². The average molecular weight is 298 g/mol. The molecule has 0 amide bonds. The van der Waals surface area contributed by atoms with E-state index in [-0.39, 0.29) is 0 Å². The van der Waals surface area contributed by atoms with Crippen LogP contribution in [0.3, 0.4) is 0 Å². The molecule has 0 aliphatic heterocycles. The summed E-state index contributed by atoms with van der Waals surface area (Å²) in [7, 11) is 0. The number of aryl methyl sites for hydroxylation is 1. The Kier molecular flexibility index (Phi) is 3.62. The number of benzene rings is 2. The number of fused-ring (bicyclic) bond motifs is 1. The molecule has 1 heterocycles. The topological polar surface area (TPSA) is 46.5 Å². The van der Waals surface area contributed by atoms with Gasteiger partial charge in [-0.05, 0) is 24.4 Å². The second-order valence-electron chi connectivity index (χ2n) is 4.76. The van der Waals surface area contributed by atoms with Crippen LogP contribution in [0.4, 0.5) is 0 Å². The summed E-state index contributed by atoms with van der Waals surface area (Å²) in [6.07, 6.45) is 0. The Labute approximate surface area is 126 Å². The van der Waals surface area contributed by atoms with Gasteiger partial charge in [-0.25, -0.2) is 4.79 Å². The molecule has 106 valence electrons. The van der Waals surface area contributed by atoms with Gasteiger partial charge in [-0.15, -0.1) is 11.3 Å². The third kappa shape index (κ3) is 2.76. The Balaban J connectivity index is 1.85. The quantitative estimate of drug-likeness (QED) is 0.772. The summed E-state index contributed by atoms with van der Waals surface area (Å²) in [6, 6.07) is 15.7. The fraction of sp³-hybridized carbons (Fsp3) is 0.118. The minimum absolute atomic E-state index is 0.351. The van der Waals surface area contributed by atoms with Gasteiger partial charge in [0.25, 0.3) is 0 Å². The van der Waals surface area contributed by atoms with Crippen LogP contribution in [0.2, 0.25) is 0 Å². The molecule has 2 aromatic carbocycles. The van der Waals surface area contributed by atoms with E-state index in [9.17, 15) is 4.79 Å². The van der Waals surface area contributed by atoms with Crippen LogP contribution < -0.4 is 4.74 Å². The molecule has 0 spiro atoms. The lowest BCUT2D eigenvalue weighted by molar-refractivity contribution is 0.0702. The van der Waals surface area contributed by atoms with Crippen LogP contribution in [0, 0.1) is 6.92 Å². The summed E-state index contributed by atoms with van der Waals surface area (Å²) in [5.74, 6) is -0.0740. The van der Waals surface area contributed by atoms with E-state index in [1.807, 2.05) is 49.4 Å². The normalized spacial score (nSPS) is 10.7. The van der Waals surface area contributed by atoms with Gasteiger partial charge in [0.1, 0.15) is 17.2 Å². The Morgan fingerprint density at radius 1 is 1.19 bits per heavy atom. The summed E-state index contributed by atoms with van der Waals surface area (Å²) in [6.45, 7) is 2.29. The van der Waals surface area contributed by atoms with E-state index < -0.39 is 5.97 Å². The number of rotatable bonds is 4. The highest BCUT2D eigenvalue weighted by atomic mass is 32.1. The first kappa shape index (κ1) is 13.6. The van der Waals surface area contributed by atoms with Gasteiger partial charge in [-0.2, -0.15) is 0 Å². The van der Waals surface area contributed by atoms with Gasteiger partial charge in [0.15, 0.2) is 0 Å². The van der Waals surface area contributed by atoms with Crippen LogP contribution in [-0.4, -0.2) is 11.1 Å². The highest BCUT2D eigenvalue weighted by Crippen LogP contribution is 2.28. The molecule has 4 heteroatoms. The molecule has 3 rings (SSSR count). The van der Waals surface area contributed by atoms with Gasteiger partial charge in [-0.3, -0.25) is 0 Å². The number of ether oxygens (including phenoxy) is 1. The first-order valence-corrected chi connectivity index (χ1v) is 7.40. The Bertz CT molecular complexity index is 799. The van der Waals surface area contributed by atoms with Crippen molar-refractivity contribution in [2.75, 3.05) is 0 Å². The van der Waals surface area contributed by atoms with Gasteiger partial charge < -0.3 is 9.84 Å². The van der Waals surface area contributed by atoms with Crippen molar-refractivity contribution >= 4 is 28.1 Å². The predicted molar refractivity (Wildman–Crippen MR) is 84.3 cm³/mol. The van der Waals surface area contributed by atoms with E-state index >= 15 is 0 Å². The first-order chi connectivity index (χ1) is 10.1. The predicted octanol–water partition coefficient (Wildman–Crippen LogP) is 4.49. The van der Waals surface area contributed by atoms with Gasteiger partial charge in [0, 0.05) is 15.8 Å². The van der Waals surface area contributed by atoms with Crippen LogP contribution in [0.15, 0.2) is 48.5 Å². The van der Waals surface area contributed by atoms with E-state index in [0.717, 1.165) is 27.0 Å². The monoisotopic (exact) mass is 298 g/mol. The molecule has 0 unspecified atom stereocenters. The van der Waals surface area contributed by atoms with E-state index in [1.54, 1.807) is 6.07 Å². The summed E-state index contributed by atoms with van der Waals surface area (Å²) in [4.78, 5) is 12.3. The summed E-state index contributed by atoms with van der Waals surface area (Å²) in [5.41, 5.74) is 0.922. The lowest BCUT2D eigenvalue weighted by atomic mass is 10.1. The van der Waals surface area contributed by atoms with E-state index in [2.05, 4.69) is 0 Å². The fourth-order valence-electron chi connectivity index (χ4n) is 2.25. The van der Waals surface area contributed by atoms with Crippen molar-refractivity contribution in [2.45, 2.75) is 13.5 Å². The van der Waals surface area contributed by atoms with Crippen LogP contribution in [0.25, 0.3) is 10.8 Å². The highest BCUT2D eigenvalue weighted by molar-refractivity contribution is 7.14. The molecular formula is C17H14O3S. The van der Waals surface area contributed by atoms with Crippen molar-refractivity contribution in [1.29, 1.82) is 0 Å². The van der Waals surface area contributed by atoms with Crippen molar-refractivity contribution in [3.8, 4) is 5.75 Å². The molecule has 1 N–H and O–H groups in total. The number of aromatic carboxylic acids is 1. The maximum Gasteiger partial charge on any atom is 0.345 e. The van der Waals surface area contributed by atoms with Crippen LogP contribution in [0.1, 0.15) is 20.1 Å². The molecule has 0 bridgehead atoms. The lowest BCUT2D eigenvalue weighted by Crippen LogP contribution is -1.96. The Morgan fingerprint density at radius 2 is 1.95 bits per heavy atom. The molecule has 21 heavy (non-hydrogen) atoms. The zero-order chi connectivity index (χ0) is 14.8. The Hall–Kier alpha value is -2.33. The number of carbonyl (C=O) groups is 1. The maximum atomic E-state index is 11.0. The molecule has 0 radical (unpaired) electrons. The number of carboxylic acids is 1. The first-order valence-electron chi connectivity index (χ1n) is 6.58. The second kappa shape index (κ2) is 5.58. The lowest BCUT2D eigenvalue weighted by Gasteiger charge is -2.09. The largest absolute Gasteiger partial charge is 0.488 e. The molecular weight excluding hydrogens is 284 g/mol. The number of hydrogen-bond donors (Lipinski definition) is 1. The third-order valence-electron chi connectivity index (χ3n) is 3.36. The van der Waals surface area contributed by atoms with E-state index in [4.69, 9.17) is 9.84 Å². The van der Waals surface area contributed by atoms with E-state index in [0.29, 0.717) is 11.5 Å². The molecule has 0 saturated heterocycles. The number of hydrogen-bond acceptors (Lipinski definition) is 3. The van der Waals surface area contributed by atoms with Crippen molar-refractivity contribution in [3.63, 3.8) is 0 Å². The van der Waals surface area contributed by atoms with Crippen molar-refractivity contribution < 1.29 is 14.6 Å². The minimum atomic E-state index is -0.889. The second-order valence-corrected chi connectivity index (χ2v) is 6.02. The molecule has 3 nitrogen and oxygen atoms in total. The summed E-state index contributed by atoms with van der Waals surface area (Å²) >= 11 is 1.28. The molecule has 0 saturated carbocycles. The molecule has 0 aliphatic rings. The smallest absolute Gasteiger partial charge is 0.345 e. The maximum absolute atomic E-state index is 11.0. The SMILES string of the molecule is Cc1sc(C(=O)O)cc1COc1cccc2ccccc12. The zero-order valence-corrected chi connectivity index (χ0v) is 12.3. The van der Waals surface area contributed by atoms with Gasteiger partial charge in [-0.1, -0.05) is 36.4 Å². The average Bonchev–Trinajstić information content (AvgIpc) is 2.86. The van der Waals surface area contributed by atoms with E-state index in [1.165, 1.54) is 11.3 Å². The molecule has 0 fully saturated rings. The summed E-state index contributed by atoms with van der Waals surface area (Å²) < 4.78 is 5.89. The third-order valence-corrected chi connectivity index (χ3v) is 4.44. The fourth-order valence-corrected chi connectivity index (χ4v) is 3.11.